The minimum atomic E-state index is -0.121. The maximum absolute atomic E-state index is 7.30. The lowest BCUT2D eigenvalue weighted by atomic mass is 9.94. The van der Waals surface area contributed by atoms with E-state index in [1.807, 2.05) is 23.1 Å². The standard InChI is InChI=1S/C25H27N7O/c1-26-18-11-9-17(10-12-18)20-16-28-23-24(29-20)32(22-8-2-3-15-33-22)30-25(23)31-14-5-6-19-21(31)7-4-13-27-19/h4,7,9,13,16,18,22H,2-3,5-6,8,10-12,14-15H2. The van der Waals surface area contributed by atoms with Crippen LogP contribution in [0.2, 0.25) is 0 Å². The number of ether oxygens (including phenoxy) is 1. The van der Waals surface area contributed by atoms with Crippen LogP contribution in [0.15, 0.2) is 30.6 Å². The highest BCUT2D eigenvalue weighted by Gasteiger charge is 2.29. The van der Waals surface area contributed by atoms with Gasteiger partial charge in [-0.2, -0.15) is 0 Å². The van der Waals surface area contributed by atoms with Crippen LogP contribution in [0.4, 0.5) is 11.5 Å². The molecule has 0 N–H and O–H groups in total. The van der Waals surface area contributed by atoms with Crippen molar-refractivity contribution in [1.82, 2.24) is 24.7 Å². The normalized spacial score (nSPS) is 23.1. The van der Waals surface area contributed by atoms with E-state index in [0.29, 0.717) is 0 Å². The minimum absolute atomic E-state index is 0.0889. The van der Waals surface area contributed by atoms with Crippen molar-refractivity contribution in [3.63, 3.8) is 0 Å². The van der Waals surface area contributed by atoms with Gasteiger partial charge in [0, 0.05) is 32.2 Å². The summed E-state index contributed by atoms with van der Waals surface area (Å²) >= 11 is 0. The average Bonchev–Trinajstić information content (AvgIpc) is 3.27. The molecule has 3 aromatic heterocycles. The zero-order chi connectivity index (χ0) is 22.2. The molecule has 5 heterocycles. The van der Waals surface area contributed by atoms with Crippen molar-refractivity contribution in [2.75, 3.05) is 18.1 Å². The smallest absolute Gasteiger partial charge is 0.227 e. The summed E-state index contributed by atoms with van der Waals surface area (Å²) in [7, 11) is 0. The number of allylic oxidation sites excluding steroid dienone is 1. The molecule has 1 fully saturated rings. The predicted molar refractivity (Wildman–Crippen MR) is 126 cm³/mol. The Morgan fingerprint density at radius 1 is 1.12 bits per heavy atom. The third-order valence-corrected chi connectivity index (χ3v) is 6.92. The molecule has 8 heteroatoms. The summed E-state index contributed by atoms with van der Waals surface area (Å²) in [5.74, 6) is 0.831. The first-order valence-electron chi connectivity index (χ1n) is 12.0. The molecule has 0 bridgehead atoms. The number of hydrogen-bond acceptors (Lipinski definition) is 6. The van der Waals surface area contributed by atoms with Gasteiger partial charge in [-0.15, -0.1) is 5.10 Å². The number of nitrogens with zero attached hydrogens (tertiary/aromatic N) is 7. The first-order valence-corrected chi connectivity index (χ1v) is 12.0. The summed E-state index contributed by atoms with van der Waals surface area (Å²) in [4.78, 5) is 20.5. The van der Waals surface area contributed by atoms with Gasteiger partial charge in [-0.3, -0.25) is 4.98 Å². The Kier molecular flexibility index (Phi) is 5.27. The summed E-state index contributed by atoms with van der Waals surface area (Å²) in [6, 6.07) is 4.19. The summed E-state index contributed by atoms with van der Waals surface area (Å²) in [5, 5.41) is 5.05. The third kappa shape index (κ3) is 3.66. The first-order chi connectivity index (χ1) is 16.3. The van der Waals surface area contributed by atoms with E-state index < -0.39 is 0 Å². The molecule has 1 aliphatic carbocycles. The van der Waals surface area contributed by atoms with Gasteiger partial charge in [-0.05, 0) is 56.2 Å². The topological polar surface area (TPSA) is 73.3 Å². The van der Waals surface area contributed by atoms with Crippen LogP contribution >= 0.6 is 0 Å². The maximum atomic E-state index is 7.30. The zero-order valence-electron chi connectivity index (χ0n) is 18.7. The van der Waals surface area contributed by atoms with E-state index in [2.05, 4.69) is 26.9 Å². The van der Waals surface area contributed by atoms with E-state index in [0.717, 1.165) is 98.6 Å². The van der Waals surface area contributed by atoms with Gasteiger partial charge in [-0.25, -0.2) is 21.2 Å². The molecule has 1 saturated heterocycles. The van der Waals surface area contributed by atoms with Gasteiger partial charge in [0.05, 0.1) is 23.3 Å². The Bertz CT molecular complexity index is 1250. The molecule has 0 amide bonds. The number of pyridine rings is 1. The third-order valence-electron chi connectivity index (χ3n) is 6.92. The molecular weight excluding hydrogens is 414 g/mol. The van der Waals surface area contributed by atoms with Gasteiger partial charge in [0.15, 0.2) is 23.2 Å². The second-order valence-electron chi connectivity index (χ2n) is 9.03. The second kappa shape index (κ2) is 8.56. The van der Waals surface area contributed by atoms with Crippen LogP contribution in [-0.2, 0) is 11.2 Å². The summed E-state index contributed by atoms with van der Waals surface area (Å²) in [6.07, 6.45) is 13.4. The highest BCUT2D eigenvalue weighted by atomic mass is 16.5. The summed E-state index contributed by atoms with van der Waals surface area (Å²) < 4.78 is 8.06. The molecule has 0 aromatic carbocycles. The largest absolute Gasteiger partial charge is 0.356 e. The lowest BCUT2D eigenvalue weighted by molar-refractivity contribution is -0.0368. The molecule has 6 rings (SSSR count). The van der Waals surface area contributed by atoms with Crippen molar-refractivity contribution in [1.29, 1.82) is 0 Å². The van der Waals surface area contributed by atoms with Crippen molar-refractivity contribution < 1.29 is 4.74 Å². The fourth-order valence-corrected chi connectivity index (χ4v) is 5.13. The Morgan fingerprint density at radius 3 is 2.91 bits per heavy atom. The van der Waals surface area contributed by atoms with Crippen molar-refractivity contribution in [2.45, 2.75) is 63.6 Å². The molecule has 2 aliphatic heterocycles. The van der Waals surface area contributed by atoms with Crippen LogP contribution in [0.25, 0.3) is 21.6 Å². The monoisotopic (exact) mass is 441 g/mol. The SMILES string of the molecule is [C-]#[N+]C1CC=C(c2cnc3c(N4CCCc5ncccc54)nn(C4CCCCO4)c3n2)CC1. The van der Waals surface area contributed by atoms with Crippen molar-refractivity contribution in [3.8, 4) is 0 Å². The quantitative estimate of drug-likeness (QED) is 0.541. The van der Waals surface area contributed by atoms with E-state index in [-0.39, 0.29) is 12.3 Å². The number of anilines is 2. The van der Waals surface area contributed by atoms with Crippen LogP contribution in [0.3, 0.4) is 0 Å². The minimum Gasteiger partial charge on any atom is -0.356 e. The van der Waals surface area contributed by atoms with Crippen LogP contribution in [0.5, 0.6) is 0 Å². The predicted octanol–water partition coefficient (Wildman–Crippen LogP) is 4.86. The molecule has 168 valence electrons. The average molecular weight is 442 g/mol. The molecule has 3 aromatic rings. The molecule has 2 atom stereocenters. The molecule has 3 aliphatic rings. The van der Waals surface area contributed by atoms with Gasteiger partial charge in [0.1, 0.15) is 0 Å². The van der Waals surface area contributed by atoms with E-state index in [4.69, 9.17) is 26.4 Å². The Labute approximate surface area is 193 Å². The van der Waals surface area contributed by atoms with Crippen molar-refractivity contribution >= 4 is 28.2 Å². The van der Waals surface area contributed by atoms with E-state index in [1.165, 1.54) is 5.57 Å². The molecule has 2 unspecified atom stereocenters. The fraction of sp³-hybridized carbons (Fsp3) is 0.480. The zero-order valence-corrected chi connectivity index (χ0v) is 18.7. The van der Waals surface area contributed by atoms with Gasteiger partial charge < -0.3 is 14.5 Å². The van der Waals surface area contributed by atoms with Gasteiger partial charge in [-0.1, -0.05) is 6.08 Å². The Morgan fingerprint density at radius 2 is 2.09 bits per heavy atom. The number of rotatable bonds is 3. The first kappa shape index (κ1) is 20.3. The van der Waals surface area contributed by atoms with E-state index >= 15 is 0 Å². The molecule has 0 radical (unpaired) electrons. The summed E-state index contributed by atoms with van der Waals surface area (Å²) in [6.45, 7) is 8.92. The number of aromatic nitrogens is 5. The molecule has 33 heavy (non-hydrogen) atoms. The number of hydrogen-bond donors (Lipinski definition) is 0. The van der Waals surface area contributed by atoms with E-state index in [1.54, 1.807) is 0 Å². The van der Waals surface area contributed by atoms with Crippen molar-refractivity contribution in [3.05, 3.63) is 53.4 Å². The molecule has 0 spiro atoms. The second-order valence-corrected chi connectivity index (χ2v) is 9.03. The molecule has 0 saturated carbocycles. The Hall–Kier alpha value is -3.31. The maximum Gasteiger partial charge on any atom is 0.227 e. The van der Waals surface area contributed by atoms with Crippen LogP contribution in [-0.4, -0.2) is 43.9 Å². The lowest BCUT2D eigenvalue weighted by Gasteiger charge is -2.28. The van der Waals surface area contributed by atoms with Gasteiger partial charge in [0.2, 0.25) is 6.04 Å². The number of aryl methyl sites for hydroxylation is 1. The van der Waals surface area contributed by atoms with Gasteiger partial charge in [0.25, 0.3) is 0 Å². The Balaban J connectivity index is 1.46. The molecule has 8 nitrogen and oxygen atoms in total. The van der Waals surface area contributed by atoms with Gasteiger partial charge >= 0.3 is 0 Å². The van der Waals surface area contributed by atoms with Crippen LogP contribution < -0.4 is 4.90 Å². The summed E-state index contributed by atoms with van der Waals surface area (Å²) in [5.41, 5.74) is 5.85. The van der Waals surface area contributed by atoms with Crippen molar-refractivity contribution in [2.24, 2.45) is 0 Å². The fourth-order valence-electron chi connectivity index (χ4n) is 5.13. The van der Waals surface area contributed by atoms with E-state index in [9.17, 15) is 0 Å². The highest BCUT2D eigenvalue weighted by molar-refractivity contribution is 5.88. The molecular formula is C25H27N7O. The number of fused-ring (bicyclic) bond motifs is 2. The highest BCUT2D eigenvalue weighted by Crippen LogP contribution is 2.37. The van der Waals surface area contributed by atoms with Crippen LogP contribution in [0.1, 0.15) is 62.6 Å². The van der Waals surface area contributed by atoms with Crippen LogP contribution in [0, 0.1) is 6.57 Å². The lowest BCUT2D eigenvalue weighted by Crippen LogP contribution is -2.26.